The van der Waals surface area contributed by atoms with Gasteiger partial charge in [-0.15, -0.1) is 5.10 Å². The molecule has 194 valence electrons. The summed E-state index contributed by atoms with van der Waals surface area (Å²) in [5.41, 5.74) is 7.30. The molecular formula is C25H30N8O4. The number of alkyl carbamates (subject to hydrolysis) is 1. The molecule has 12 nitrogen and oxygen atoms in total. The Morgan fingerprint density at radius 2 is 1.97 bits per heavy atom. The second-order valence-corrected chi connectivity index (χ2v) is 9.40. The summed E-state index contributed by atoms with van der Waals surface area (Å²) in [6.07, 6.45) is 3.19. The fourth-order valence-electron chi connectivity index (χ4n) is 3.35. The van der Waals surface area contributed by atoms with Gasteiger partial charge in [0.15, 0.2) is 17.3 Å². The minimum Gasteiger partial charge on any atom is -0.493 e. The summed E-state index contributed by atoms with van der Waals surface area (Å²) < 4.78 is 18.1. The lowest BCUT2D eigenvalue weighted by molar-refractivity contribution is 0.106. The highest BCUT2D eigenvalue weighted by molar-refractivity contribution is 5.88. The van der Waals surface area contributed by atoms with E-state index in [1.165, 1.54) is 11.0 Å². The van der Waals surface area contributed by atoms with Gasteiger partial charge in [-0.2, -0.15) is 9.67 Å². The van der Waals surface area contributed by atoms with Crippen LogP contribution in [0.4, 0.5) is 10.7 Å². The number of amides is 1. The maximum Gasteiger partial charge on any atom is 0.407 e. The molecule has 0 bridgehead atoms. The van der Waals surface area contributed by atoms with Gasteiger partial charge in [-0.25, -0.2) is 14.8 Å². The van der Waals surface area contributed by atoms with Crippen LogP contribution in [0, 0.1) is 5.41 Å². The van der Waals surface area contributed by atoms with Crippen molar-refractivity contribution in [3.63, 3.8) is 0 Å². The molecule has 12 heteroatoms. The molecule has 3 aromatic heterocycles. The first-order valence-corrected chi connectivity index (χ1v) is 11.8. The first kappa shape index (κ1) is 25.6. The maximum atomic E-state index is 11.8. The van der Waals surface area contributed by atoms with Crippen molar-refractivity contribution in [1.29, 1.82) is 0 Å². The van der Waals surface area contributed by atoms with E-state index in [4.69, 9.17) is 19.9 Å². The lowest BCUT2D eigenvalue weighted by atomic mass is 9.99. The normalized spacial score (nSPS) is 11.4. The molecule has 0 fully saturated rings. The van der Waals surface area contributed by atoms with Gasteiger partial charge in [0.05, 0.1) is 25.8 Å². The van der Waals surface area contributed by atoms with Gasteiger partial charge in [0.2, 0.25) is 11.8 Å². The summed E-state index contributed by atoms with van der Waals surface area (Å²) in [4.78, 5) is 29.2. The number of hydrogen-bond donors (Lipinski definition) is 2. The molecule has 0 atom stereocenters. The van der Waals surface area contributed by atoms with Crippen LogP contribution >= 0.6 is 0 Å². The minimum atomic E-state index is -0.449. The smallest absolute Gasteiger partial charge is 0.407 e. The molecule has 0 aliphatic heterocycles. The number of nitrogens with one attached hydrogen (secondary N) is 1. The van der Waals surface area contributed by atoms with E-state index in [0.29, 0.717) is 65.9 Å². The third-order valence-electron chi connectivity index (χ3n) is 5.11. The Morgan fingerprint density at radius 3 is 2.70 bits per heavy atom. The van der Waals surface area contributed by atoms with Crippen LogP contribution in [-0.2, 0) is 4.74 Å². The van der Waals surface area contributed by atoms with Crippen molar-refractivity contribution >= 4 is 22.9 Å². The summed E-state index contributed by atoms with van der Waals surface area (Å²) in [5, 5.41) is 7.88. The molecule has 0 unspecified atom stereocenters. The molecule has 0 saturated heterocycles. The number of carbonyl (C=O) groups is 1. The number of fused-ring (bicyclic) bond motifs is 1. The van der Waals surface area contributed by atoms with Gasteiger partial charge in [-0.3, -0.25) is 4.98 Å². The van der Waals surface area contributed by atoms with Crippen LogP contribution in [0.1, 0.15) is 27.2 Å². The molecular weight excluding hydrogens is 476 g/mol. The van der Waals surface area contributed by atoms with Gasteiger partial charge < -0.3 is 25.3 Å². The molecule has 3 heterocycles. The van der Waals surface area contributed by atoms with Crippen molar-refractivity contribution in [2.45, 2.75) is 27.2 Å². The number of nitrogens with zero attached hydrogens (tertiary/aromatic N) is 6. The fraction of sp³-hybridized carbons (Fsp3) is 0.360. The topological polar surface area (TPSA) is 152 Å². The predicted molar refractivity (Wildman–Crippen MR) is 138 cm³/mol. The van der Waals surface area contributed by atoms with Crippen molar-refractivity contribution in [3.8, 4) is 28.8 Å². The van der Waals surface area contributed by atoms with E-state index in [-0.39, 0.29) is 11.4 Å². The van der Waals surface area contributed by atoms with Crippen LogP contribution in [-0.4, -0.2) is 62.7 Å². The van der Waals surface area contributed by atoms with E-state index in [9.17, 15) is 4.79 Å². The highest BCUT2D eigenvalue weighted by Crippen LogP contribution is 2.34. The second-order valence-electron chi connectivity index (χ2n) is 9.40. The summed E-state index contributed by atoms with van der Waals surface area (Å²) in [6, 6.07) is 8.99. The predicted octanol–water partition coefficient (Wildman–Crippen LogP) is 3.40. The number of aromatic nitrogens is 6. The van der Waals surface area contributed by atoms with Crippen molar-refractivity contribution in [2.24, 2.45) is 5.41 Å². The zero-order valence-electron chi connectivity index (χ0n) is 21.3. The van der Waals surface area contributed by atoms with Gasteiger partial charge in [-0.1, -0.05) is 26.8 Å². The number of carbonyl (C=O) groups excluding carboxylic acids is 1. The molecule has 1 amide bonds. The summed E-state index contributed by atoms with van der Waals surface area (Å²) in [7, 11) is 1.55. The molecule has 0 aliphatic carbocycles. The number of hydrogen-bond acceptors (Lipinski definition) is 10. The number of pyridine rings is 1. The Hall–Kier alpha value is -4.48. The maximum absolute atomic E-state index is 11.8. The monoisotopic (exact) mass is 506 g/mol. The van der Waals surface area contributed by atoms with Crippen LogP contribution in [0.5, 0.6) is 11.5 Å². The number of ether oxygens (including phenoxy) is 3. The van der Waals surface area contributed by atoms with Crippen molar-refractivity contribution in [1.82, 2.24) is 35.0 Å². The highest BCUT2D eigenvalue weighted by atomic mass is 16.5. The molecule has 4 aromatic rings. The number of nitrogen functional groups attached to an aromatic ring is 1. The van der Waals surface area contributed by atoms with Gasteiger partial charge in [0.25, 0.3) is 0 Å². The number of methoxy groups -OCH3 is 1. The number of anilines is 1. The largest absolute Gasteiger partial charge is 0.493 e. The second kappa shape index (κ2) is 11.1. The van der Waals surface area contributed by atoms with Crippen LogP contribution < -0.4 is 20.5 Å². The molecule has 3 N–H and O–H groups in total. The van der Waals surface area contributed by atoms with Crippen molar-refractivity contribution in [3.05, 3.63) is 42.9 Å². The first-order chi connectivity index (χ1) is 17.7. The first-order valence-electron chi connectivity index (χ1n) is 11.8. The van der Waals surface area contributed by atoms with Gasteiger partial charge in [-0.05, 0) is 30.0 Å². The van der Waals surface area contributed by atoms with Gasteiger partial charge in [0.1, 0.15) is 12.0 Å². The summed E-state index contributed by atoms with van der Waals surface area (Å²) in [6.45, 7) is 7.07. The van der Waals surface area contributed by atoms with Gasteiger partial charge >= 0.3 is 6.09 Å². The number of benzene rings is 1. The lowest BCUT2D eigenvalue weighted by Crippen LogP contribution is -2.29. The fourth-order valence-corrected chi connectivity index (χ4v) is 3.35. The highest BCUT2D eigenvalue weighted by Gasteiger charge is 2.18. The summed E-state index contributed by atoms with van der Waals surface area (Å²) >= 11 is 0. The Balaban J connectivity index is 1.49. The quantitative estimate of drug-likeness (QED) is 0.323. The zero-order valence-corrected chi connectivity index (χ0v) is 21.3. The van der Waals surface area contributed by atoms with Gasteiger partial charge in [0, 0.05) is 24.2 Å². The lowest BCUT2D eigenvalue weighted by Gasteiger charge is -2.18. The SMILES string of the molecule is COc1cc2ncnc(-n3nc(-c4ccccn4)nc3N)c2cc1OCCCNC(=O)OCC(C)(C)C. The van der Waals surface area contributed by atoms with E-state index >= 15 is 0 Å². The molecule has 0 spiro atoms. The number of rotatable bonds is 9. The third-order valence-corrected chi connectivity index (χ3v) is 5.11. The Morgan fingerprint density at radius 1 is 1.14 bits per heavy atom. The zero-order chi connectivity index (χ0) is 26.4. The summed E-state index contributed by atoms with van der Waals surface area (Å²) in [5.74, 6) is 1.97. The average molecular weight is 507 g/mol. The Kier molecular flexibility index (Phi) is 7.66. The molecule has 4 rings (SSSR count). The molecule has 1 aromatic carbocycles. The average Bonchev–Trinajstić information content (AvgIpc) is 3.27. The van der Waals surface area contributed by atoms with Crippen molar-refractivity contribution < 1.29 is 19.0 Å². The third kappa shape index (κ3) is 6.40. The van der Waals surface area contributed by atoms with Crippen LogP contribution in [0.25, 0.3) is 28.2 Å². The molecule has 37 heavy (non-hydrogen) atoms. The molecule has 0 aliphatic rings. The van der Waals surface area contributed by atoms with E-state index in [2.05, 4.69) is 30.4 Å². The van der Waals surface area contributed by atoms with Crippen LogP contribution in [0.3, 0.4) is 0 Å². The van der Waals surface area contributed by atoms with E-state index < -0.39 is 6.09 Å². The molecule has 0 saturated carbocycles. The van der Waals surface area contributed by atoms with Crippen molar-refractivity contribution in [2.75, 3.05) is 32.6 Å². The minimum absolute atomic E-state index is 0.0907. The van der Waals surface area contributed by atoms with Crippen LogP contribution in [0.15, 0.2) is 42.9 Å². The Bertz CT molecular complexity index is 1370. The Labute approximate surface area is 214 Å². The molecule has 0 radical (unpaired) electrons. The van der Waals surface area contributed by atoms with E-state index in [1.807, 2.05) is 32.9 Å². The standard InChI is InChI=1S/C25H30N8O4/c1-25(2,3)14-37-24(34)28-10-7-11-36-20-12-16-18(13-19(20)35-4)29-15-30-22(16)33-23(26)31-21(32-33)17-8-5-6-9-27-17/h5-6,8-9,12-13,15H,7,10-11,14H2,1-4H3,(H,28,34)(H2,26,31,32). The van der Waals surface area contributed by atoms with E-state index in [1.54, 1.807) is 31.5 Å². The van der Waals surface area contributed by atoms with E-state index in [0.717, 1.165) is 0 Å². The van der Waals surface area contributed by atoms with Crippen LogP contribution in [0.2, 0.25) is 0 Å². The number of nitrogens with two attached hydrogens (primary N) is 1.